The first-order valence-corrected chi connectivity index (χ1v) is 8.84. The van der Waals surface area contributed by atoms with Gasteiger partial charge in [0.1, 0.15) is 5.72 Å². The second-order valence-electron chi connectivity index (χ2n) is 8.03. The molecule has 21 heavy (non-hydrogen) atoms. The molecular formula is C17H25NO3. The van der Waals surface area contributed by atoms with E-state index >= 15 is 0 Å². The molecule has 0 aromatic rings. The zero-order valence-electron chi connectivity index (χ0n) is 12.7. The van der Waals surface area contributed by atoms with E-state index in [1.54, 1.807) is 0 Å². The van der Waals surface area contributed by atoms with Crippen molar-refractivity contribution in [3.63, 3.8) is 0 Å². The molecule has 2 bridgehead atoms. The molecule has 7 atom stereocenters. The molecule has 2 heterocycles. The van der Waals surface area contributed by atoms with Crippen LogP contribution in [0.3, 0.4) is 0 Å². The summed E-state index contributed by atoms with van der Waals surface area (Å²) in [7, 11) is 0. The van der Waals surface area contributed by atoms with Gasteiger partial charge in [-0.3, -0.25) is 4.79 Å². The van der Waals surface area contributed by atoms with E-state index in [-0.39, 0.29) is 23.7 Å². The standard InChI is InChI=1S/C17H25NO3/c1-2-3-6-17-13-11-7-10(14(19)15(11)21-17)12(13)16(20)18(17)8-9-4-5-9/h9-15,19H,2-8H2,1H3. The van der Waals surface area contributed by atoms with Gasteiger partial charge in [0.2, 0.25) is 5.91 Å². The van der Waals surface area contributed by atoms with Gasteiger partial charge in [-0.15, -0.1) is 0 Å². The lowest BCUT2D eigenvalue weighted by Gasteiger charge is -2.39. The summed E-state index contributed by atoms with van der Waals surface area (Å²) >= 11 is 0. The Balaban J connectivity index is 1.55. The van der Waals surface area contributed by atoms with E-state index in [0.717, 1.165) is 32.2 Å². The number of aliphatic hydroxyl groups excluding tert-OH is 1. The van der Waals surface area contributed by atoms with Crippen LogP contribution in [-0.2, 0) is 9.53 Å². The fourth-order valence-corrected chi connectivity index (χ4v) is 5.95. The molecule has 1 amide bonds. The van der Waals surface area contributed by atoms with Crippen molar-refractivity contribution in [2.45, 2.75) is 63.4 Å². The van der Waals surface area contributed by atoms with Gasteiger partial charge < -0.3 is 14.7 Å². The summed E-state index contributed by atoms with van der Waals surface area (Å²) in [6, 6.07) is 0. The maximum absolute atomic E-state index is 13.0. The monoisotopic (exact) mass is 291 g/mol. The number of hydrogen-bond acceptors (Lipinski definition) is 3. The number of ether oxygens (including phenoxy) is 1. The number of hydrogen-bond donors (Lipinski definition) is 1. The van der Waals surface area contributed by atoms with Gasteiger partial charge in [-0.25, -0.2) is 0 Å². The van der Waals surface area contributed by atoms with Crippen LogP contribution >= 0.6 is 0 Å². The van der Waals surface area contributed by atoms with E-state index in [0.29, 0.717) is 23.7 Å². The molecule has 116 valence electrons. The van der Waals surface area contributed by atoms with Crippen LogP contribution in [0.25, 0.3) is 0 Å². The number of nitrogens with zero attached hydrogens (tertiary/aromatic N) is 1. The van der Waals surface area contributed by atoms with Crippen LogP contribution in [0.1, 0.15) is 45.4 Å². The maximum atomic E-state index is 13.0. The largest absolute Gasteiger partial charge is 0.390 e. The minimum Gasteiger partial charge on any atom is -0.390 e. The molecule has 4 nitrogen and oxygen atoms in total. The van der Waals surface area contributed by atoms with E-state index in [9.17, 15) is 9.90 Å². The zero-order valence-corrected chi connectivity index (χ0v) is 12.7. The normalized spacial score (nSPS) is 53.2. The Kier molecular flexibility index (Phi) is 2.47. The van der Waals surface area contributed by atoms with Gasteiger partial charge in [-0.05, 0) is 49.9 Å². The molecule has 2 aliphatic heterocycles. The minimum atomic E-state index is -0.397. The summed E-state index contributed by atoms with van der Waals surface area (Å²) in [6.07, 6.45) is 6.36. The molecule has 1 N–H and O–H groups in total. The molecular weight excluding hydrogens is 266 g/mol. The van der Waals surface area contributed by atoms with Crippen LogP contribution < -0.4 is 0 Å². The van der Waals surface area contributed by atoms with Gasteiger partial charge in [0.05, 0.1) is 18.1 Å². The van der Waals surface area contributed by atoms with Crippen molar-refractivity contribution in [3.8, 4) is 0 Å². The molecule has 0 aromatic heterocycles. The predicted octanol–water partition coefficient (Wildman–Crippen LogP) is 1.77. The van der Waals surface area contributed by atoms with Crippen molar-refractivity contribution >= 4 is 5.91 Å². The number of carbonyl (C=O) groups is 1. The van der Waals surface area contributed by atoms with E-state index in [4.69, 9.17) is 4.74 Å². The molecule has 7 unspecified atom stereocenters. The fourth-order valence-electron chi connectivity index (χ4n) is 5.95. The van der Waals surface area contributed by atoms with Crippen LogP contribution in [0.15, 0.2) is 0 Å². The molecule has 0 aromatic carbocycles. The number of likely N-dealkylation sites (tertiary alicyclic amines) is 1. The molecule has 3 saturated carbocycles. The highest BCUT2D eigenvalue weighted by atomic mass is 16.6. The zero-order chi connectivity index (χ0) is 14.4. The predicted molar refractivity (Wildman–Crippen MR) is 76.1 cm³/mol. The average Bonchev–Trinajstić information content (AvgIpc) is 2.95. The van der Waals surface area contributed by atoms with Crippen molar-refractivity contribution in [1.82, 2.24) is 4.90 Å². The molecule has 0 radical (unpaired) electrons. The summed E-state index contributed by atoms with van der Waals surface area (Å²) in [6.45, 7) is 3.10. The Morgan fingerprint density at radius 1 is 1.38 bits per heavy atom. The van der Waals surface area contributed by atoms with E-state index in [1.807, 2.05) is 0 Å². The lowest BCUT2D eigenvalue weighted by molar-refractivity contribution is -0.181. The quantitative estimate of drug-likeness (QED) is 0.840. The highest BCUT2D eigenvalue weighted by Gasteiger charge is 2.77. The average molecular weight is 291 g/mol. The van der Waals surface area contributed by atoms with Crippen LogP contribution in [0, 0.1) is 29.6 Å². The van der Waals surface area contributed by atoms with Crippen molar-refractivity contribution in [2.75, 3.05) is 6.54 Å². The van der Waals surface area contributed by atoms with Crippen LogP contribution in [0.2, 0.25) is 0 Å². The molecule has 3 aliphatic carbocycles. The van der Waals surface area contributed by atoms with E-state index in [1.165, 1.54) is 12.8 Å². The lowest BCUT2D eigenvalue weighted by atomic mass is 9.76. The Labute approximate surface area is 125 Å². The molecule has 5 aliphatic rings. The first-order valence-electron chi connectivity index (χ1n) is 8.84. The molecule has 0 spiro atoms. The van der Waals surface area contributed by atoms with Gasteiger partial charge in [-0.1, -0.05) is 13.3 Å². The minimum absolute atomic E-state index is 0.00269. The number of carbonyl (C=O) groups excluding carboxylic acids is 1. The summed E-state index contributed by atoms with van der Waals surface area (Å²) in [4.78, 5) is 15.1. The molecule has 5 fully saturated rings. The summed E-state index contributed by atoms with van der Waals surface area (Å²) in [5, 5.41) is 10.5. The van der Waals surface area contributed by atoms with Crippen molar-refractivity contribution < 1.29 is 14.6 Å². The number of unbranched alkanes of at least 4 members (excludes halogenated alkanes) is 1. The van der Waals surface area contributed by atoms with Crippen molar-refractivity contribution in [1.29, 1.82) is 0 Å². The highest BCUT2D eigenvalue weighted by Crippen LogP contribution is 2.68. The molecule has 5 rings (SSSR count). The Hall–Kier alpha value is -0.610. The summed E-state index contributed by atoms with van der Waals surface area (Å²) in [5.74, 6) is 2.03. The lowest BCUT2D eigenvalue weighted by Crippen LogP contribution is -2.51. The Bertz CT molecular complexity index is 490. The Morgan fingerprint density at radius 3 is 2.90 bits per heavy atom. The van der Waals surface area contributed by atoms with Crippen LogP contribution in [-0.4, -0.2) is 40.4 Å². The van der Waals surface area contributed by atoms with Gasteiger partial charge in [-0.2, -0.15) is 0 Å². The van der Waals surface area contributed by atoms with Crippen molar-refractivity contribution in [2.24, 2.45) is 29.6 Å². The van der Waals surface area contributed by atoms with Gasteiger partial charge >= 0.3 is 0 Å². The Morgan fingerprint density at radius 2 is 2.19 bits per heavy atom. The number of amides is 1. The molecule has 4 heteroatoms. The highest BCUT2D eigenvalue weighted by molar-refractivity contribution is 5.84. The molecule has 2 saturated heterocycles. The second kappa shape index (κ2) is 4.02. The summed E-state index contributed by atoms with van der Waals surface area (Å²) in [5.41, 5.74) is -0.359. The maximum Gasteiger partial charge on any atom is 0.228 e. The first-order chi connectivity index (χ1) is 10.2. The number of fused-ring (bicyclic) bond motifs is 2. The van der Waals surface area contributed by atoms with E-state index in [2.05, 4.69) is 11.8 Å². The summed E-state index contributed by atoms with van der Waals surface area (Å²) < 4.78 is 6.50. The van der Waals surface area contributed by atoms with Crippen molar-refractivity contribution in [3.05, 3.63) is 0 Å². The van der Waals surface area contributed by atoms with Gasteiger partial charge in [0, 0.05) is 12.5 Å². The third kappa shape index (κ3) is 1.41. The third-order valence-corrected chi connectivity index (χ3v) is 6.95. The fraction of sp³-hybridized carbons (Fsp3) is 0.941. The topological polar surface area (TPSA) is 49.8 Å². The second-order valence-corrected chi connectivity index (χ2v) is 8.03. The number of aliphatic hydroxyl groups is 1. The number of rotatable bonds is 5. The smallest absolute Gasteiger partial charge is 0.228 e. The van der Waals surface area contributed by atoms with Gasteiger partial charge in [0.15, 0.2) is 0 Å². The van der Waals surface area contributed by atoms with Crippen LogP contribution in [0.5, 0.6) is 0 Å². The SMILES string of the molecule is CCCCC12OC3C(O)C4CC3C1C4C(=O)N2CC1CC1. The van der Waals surface area contributed by atoms with Gasteiger partial charge in [0.25, 0.3) is 0 Å². The van der Waals surface area contributed by atoms with E-state index < -0.39 is 6.10 Å². The third-order valence-electron chi connectivity index (χ3n) is 6.95. The first kappa shape index (κ1) is 12.9. The van der Waals surface area contributed by atoms with Crippen LogP contribution in [0.4, 0.5) is 0 Å².